The molecule has 2 aromatic rings. The highest BCUT2D eigenvalue weighted by molar-refractivity contribution is 7.91. The molecule has 1 unspecified atom stereocenters. The molecule has 1 aliphatic rings. The first kappa shape index (κ1) is 18.9. The third-order valence-electron chi connectivity index (χ3n) is 4.33. The fourth-order valence-electron chi connectivity index (χ4n) is 2.95. The number of carbonyl (C=O) groups is 1. The zero-order valence-electron chi connectivity index (χ0n) is 13.6. The first-order chi connectivity index (χ1) is 12.2. The van der Waals surface area contributed by atoms with Gasteiger partial charge in [0.05, 0.1) is 16.6 Å². The Balaban J connectivity index is 1.82. The SMILES string of the molecule is O=C(c1cccc(C(F)(F)F)c1)N1CCC(c2cccs2)S(=O)(=O)CC1. The van der Waals surface area contributed by atoms with Crippen LogP contribution in [-0.4, -0.2) is 38.1 Å². The third-order valence-corrected chi connectivity index (χ3v) is 7.57. The molecule has 1 aliphatic heterocycles. The van der Waals surface area contributed by atoms with Crippen LogP contribution in [0.4, 0.5) is 13.2 Å². The largest absolute Gasteiger partial charge is 0.416 e. The van der Waals surface area contributed by atoms with Gasteiger partial charge in [0.25, 0.3) is 5.91 Å². The highest BCUT2D eigenvalue weighted by atomic mass is 32.2. The van der Waals surface area contributed by atoms with E-state index >= 15 is 0 Å². The van der Waals surface area contributed by atoms with Gasteiger partial charge in [0, 0.05) is 23.5 Å². The van der Waals surface area contributed by atoms with Crippen LogP contribution in [0.5, 0.6) is 0 Å². The van der Waals surface area contributed by atoms with Crippen LogP contribution in [0, 0.1) is 0 Å². The van der Waals surface area contributed by atoms with Crippen LogP contribution in [0.2, 0.25) is 0 Å². The summed E-state index contributed by atoms with van der Waals surface area (Å²) in [5.74, 6) is -0.793. The van der Waals surface area contributed by atoms with E-state index in [1.165, 1.54) is 28.4 Å². The number of sulfone groups is 1. The van der Waals surface area contributed by atoms with Gasteiger partial charge in [0.2, 0.25) is 0 Å². The van der Waals surface area contributed by atoms with Crippen molar-refractivity contribution < 1.29 is 26.4 Å². The Hall–Kier alpha value is -1.87. The molecule has 0 bridgehead atoms. The minimum atomic E-state index is -4.54. The van der Waals surface area contributed by atoms with Crippen LogP contribution in [-0.2, 0) is 16.0 Å². The number of rotatable bonds is 2. The van der Waals surface area contributed by atoms with E-state index in [2.05, 4.69) is 0 Å². The molecular weight excluding hydrogens is 387 g/mol. The molecule has 140 valence electrons. The van der Waals surface area contributed by atoms with Crippen molar-refractivity contribution in [2.45, 2.75) is 17.8 Å². The molecule has 0 aliphatic carbocycles. The van der Waals surface area contributed by atoms with E-state index < -0.39 is 32.7 Å². The predicted molar refractivity (Wildman–Crippen MR) is 92.8 cm³/mol. The summed E-state index contributed by atoms with van der Waals surface area (Å²) in [5, 5.41) is 1.11. The zero-order chi connectivity index (χ0) is 18.9. The van der Waals surface area contributed by atoms with Gasteiger partial charge in [-0.3, -0.25) is 4.79 Å². The molecule has 1 aromatic carbocycles. The normalized spacial score (nSPS) is 20.6. The van der Waals surface area contributed by atoms with Crippen molar-refractivity contribution in [3.05, 3.63) is 57.8 Å². The Morgan fingerprint density at radius 3 is 2.58 bits per heavy atom. The quantitative estimate of drug-likeness (QED) is 0.767. The lowest BCUT2D eigenvalue weighted by molar-refractivity contribution is -0.137. The van der Waals surface area contributed by atoms with E-state index in [1.54, 1.807) is 17.5 Å². The smallest absolute Gasteiger partial charge is 0.338 e. The van der Waals surface area contributed by atoms with Crippen LogP contribution >= 0.6 is 11.3 Å². The lowest BCUT2D eigenvalue weighted by atomic mass is 10.1. The number of benzene rings is 1. The van der Waals surface area contributed by atoms with Crippen molar-refractivity contribution in [2.75, 3.05) is 18.8 Å². The van der Waals surface area contributed by atoms with Gasteiger partial charge < -0.3 is 4.90 Å². The summed E-state index contributed by atoms with van der Waals surface area (Å²) in [5.41, 5.74) is -0.992. The van der Waals surface area contributed by atoms with Gasteiger partial charge in [0.15, 0.2) is 9.84 Å². The van der Waals surface area contributed by atoms with E-state index in [4.69, 9.17) is 0 Å². The monoisotopic (exact) mass is 403 g/mol. The Kier molecular flexibility index (Phi) is 5.12. The fourth-order valence-corrected chi connectivity index (χ4v) is 5.96. The second kappa shape index (κ2) is 7.03. The van der Waals surface area contributed by atoms with Gasteiger partial charge in [-0.05, 0) is 36.1 Å². The van der Waals surface area contributed by atoms with E-state index in [0.29, 0.717) is 0 Å². The second-order valence-electron chi connectivity index (χ2n) is 6.03. The van der Waals surface area contributed by atoms with Crippen molar-refractivity contribution in [1.82, 2.24) is 4.90 Å². The summed E-state index contributed by atoms with van der Waals surface area (Å²) in [6.07, 6.45) is -4.31. The van der Waals surface area contributed by atoms with Gasteiger partial charge in [-0.2, -0.15) is 13.2 Å². The Morgan fingerprint density at radius 1 is 1.15 bits per heavy atom. The van der Waals surface area contributed by atoms with Crippen LogP contribution in [0.1, 0.15) is 32.5 Å². The molecule has 1 amide bonds. The maximum Gasteiger partial charge on any atom is 0.416 e. The number of hydrogen-bond acceptors (Lipinski definition) is 4. The number of alkyl halides is 3. The number of thiophene rings is 1. The second-order valence-corrected chi connectivity index (χ2v) is 9.31. The summed E-state index contributed by atoms with van der Waals surface area (Å²) in [6.45, 7) is 0.149. The van der Waals surface area contributed by atoms with Gasteiger partial charge in [-0.1, -0.05) is 12.1 Å². The number of nitrogens with zero attached hydrogens (tertiary/aromatic N) is 1. The Bertz CT molecular complexity index is 892. The summed E-state index contributed by atoms with van der Waals surface area (Å²) >= 11 is 1.34. The number of halogens is 3. The minimum absolute atomic E-state index is 0.0285. The average Bonchev–Trinajstić information content (AvgIpc) is 3.05. The van der Waals surface area contributed by atoms with Crippen LogP contribution in [0.3, 0.4) is 0 Å². The molecule has 1 saturated heterocycles. The summed E-state index contributed by atoms with van der Waals surface area (Å²) in [6, 6.07) is 7.71. The highest BCUT2D eigenvalue weighted by Crippen LogP contribution is 2.33. The van der Waals surface area contributed by atoms with Crippen molar-refractivity contribution >= 4 is 27.1 Å². The molecule has 0 saturated carbocycles. The lowest BCUT2D eigenvalue weighted by Gasteiger charge is -2.20. The highest BCUT2D eigenvalue weighted by Gasteiger charge is 2.34. The molecule has 9 heteroatoms. The maximum absolute atomic E-state index is 12.8. The molecule has 1 fully saturated rings. The molecule has 4 nitrogen and oxygen atoms in total. The van der Waals surface area contributed by atoms with Crippen molar-refractivity contribution in [1.29, 1.82) is 0 Å². The molecule has 1 aromatic heterocycles. The molecule has 0 radical (unpaired) electrons. The average molecular weight is 403 g/mol. The van der Waals surface area contributed by atoms with Crippen molar-refractivity contribution in [3.8, 4) is 0 Å². The standard InChI is InChI=1S/C17H16F3NO3S2/c18-17(19,20)13-4-1-3-12(11-13)16(22)21-7-6-15(14-5-2-9-25-14)26(23,24)10-8-21/h1-5,9,11,15H,6-8,10H2. The first-order valence-corrected chi connectivity index (χ1v) is 10.5. The van der Waals surface area contributed by atoms with E-state index in [0.717, 1.165) is 17.0 Å². The van der Waals surface area contributed by atoms with Crippen LogP contribution in [0.25, 0.3) is 0 Å². The van der Waals surface area contributed by atoms with E-state index in [1.807, 2.05) is 0 Å². The van der Waals surface area contributed by atoms with Gasteiger partial charge >= 0.3 is 6.18 Å². The maximum atomic E-state index is 12.8. The molecule has 0 N–H and O–H groups in total. The first-order valence-electron chi connectivity index (χ1n) is 7.90. The molecule has 2 heterocycles. The number of carbonyl (C=O) groups excluding carboxylic acids is 1. The summed E-state index contributed by atoms with van der Waals surface area (Å²) < 4.78 is 63.6. The molecular formula is C17H16F3NO3S2. The molecule has 3 rings (SSSR count). The lowest BCUT2D eigenvalue weighted by Crippen LogP contribution is -2.33. The summed E-state index contributed by atoms with van der Waals surface area (Å²) in [4.78, 5) is 14.6. The van der Waals surface area contributed by atoms with E-state index in [-0.39, 0.29) is 30.8 Å². The molecule has 1 atom stereocenters. The minimum Gasteiger partial charge on any atom is -0.338 e. The van der Waals surface area contributed by atoms with E-state index in [9.17, 15) is 26.4 Å². The van der Waals surface area contributed by atoms with Crippen molar-refractivity contribution in [3.63, 3.8) is 0 Å². The third kappa shape index (κ3) is 3.93. The topological polar surface area (TPSA) is 54.5 Å². The summed E-state index contributed by atoms with van der Waals surface area (Å²) in [7, 11) is -3.43. The number of amides is 1. The van der Waals surface area contributed by atoms with Crippen molar-refractivity contribution in [2.24, 2.45) is 0 Å². The fraction of sp³-hybridized carbons (Fsp3) is 0.353. The zero-order valence-corrected chi connectivity index (χ0v) is 15.2. The van der Waals surface area contributed by atoms with Gasteiger partial charge in [0.1, 0.15) is 0 Å². The van der Waals surface area contributed by atoms with Crippen LogP contribution < -0.4 is 0 Å². The molecule has 0 spiro atoms. The predicted octanol–water partition coefficient (Wildman–Crippen LogP) is 3.77. The number of hydrogen-bond donors (Lipinski definition) is 0. The van der Waals surface area contributed by atoms with Crippen LogP contribution in [0.15, 0.2) is 41.8 Å². The Labute approximate surface area is 153 Å². The Morgan fingerprint density at radius 2 is 1.92 bits per heavy atom. The molecule has 26 heavy (non-hydrogen) atoms. The van der Waals surface area contributed by atoms with Gasteiger partial charge in [-0.25, -0.2) is 8.42 Å². The van der Waals surface area contributed by atoms with Gasteiger partial charge in [-0.15, -0.1) is 11.3 Å².